The van der Waals surface area contributed by atoms with Crippen molar-refractivity contribution in [1.29, 1.82) is 5.26 Å². The fourth-order valence-electron chi connectivity index (χ4n) is 2.96. The molecular formula is C22H19N3O3. The molecular weight excluding hydrogens is 354 g/mol. The highest BCUT2D eigenvalue weighted by Gasteiger charge is 2.15. The first-order valence-electron chi connectivity index (χ1n) is 8.68. The number of aryl methyl sites for hydroxylation is 1. The summed E-state index contributed by atoms with van der Waals surface area (Å²) < 4.78 is 6.71. The second kappa shape index (κ2) is 8.23. The number of carbonyl (C=O) groups is 1. The maximum atomic E-state index is 13.0. The Bertz CT molecular complexity index is 1130. The van der Waals surface area contributed by atoms with Crippen molar-refractivity contribution < 1.29 is 9.53 Å². The first kappa shape index (κ1) is 18.9. The smallest absolute Gasteiger partial charge is 0.268 e. The molecule has 0 spiro atoms. The summed E-state index contributed by atoms with van der Waals surface area (Å²) in [7, 11) is 1.56. The molecule has 6 heteroatoms. The van der Waals surface area contributed by atoms with Crippen LogP contribution in [0.5, 0.6) is 5.75 Å². The summed E-state index contributed by atoms with van der Waals surface area (Å²) in [6.45, 7) is 2.01. The number of para-hydroxylation sites is 1. The van der Waals surface area contributed by atoms with Crippen molar-refractivity contribution >= 4 is 5.91 Å². The number of methoxy groups -OCH3 is 1. The summed E-state index contributed by atoms with van der Waals surface area (Å²) in [5.74, 6) is 0.193. The van der Waals surface area contributed by atoms with E-state index in [4.69, 9.17) is 10.00 Å². The molecule has 0 aliphatic heterocycles. The third kappa shape index (κ3) is 3.79. The lowest BCUT2D eigenvalue weighted by atomic mass is 10.1. The number of carbonyl (C=O) groups excluding carboxylic acids is 1. The van der Waals surface area contributed by atoms with E-state index in [1.807, 2.05) is 24.3 Å². The molecule has 0 atom stereocenters. The third-order valence-electron chi connectivity index (χ3n) is 4.39. The first-order chi connectivity index (χ1) is 13.5. The predicted molar refractivity (Wildman–Crippen MR) is 106 cm³/mol. The number of pyridine rings is 1. The van der Waals surface area contributed by atoms with Gasteiger partial charge in [0.2, 0.25) is 0 Å². The number of nitriles is 1. The van der Waals surface area contributed by atoms with Crippen LogP contribution in [-0.4, -0.2) is 17.6 Å². The normalized spacial score (nSPS) is 10.2. The molecule has 140 valence electrons. The molecule has 0 saturated carbocycles. The molecule has 0 saturated heterocycles. The van der Waals surface area contributed by atoms with Crippen LogP contribution in [0.15, 0.2) is 65.5 Å². The zero-order valence-electron chi connectivity index (χ0n) is 15.6. The Balaban J connectivity index is 1.92. The highest BCUT2D eigenvalue weighted by atomic mass is 16.5. The van der Waals surface area contributed by atoms with E-state index >= 15 is 0 Å². The van der Waals surface area contributed by atoms with E-state index in [-0.39, 0.29) is 12.1 Å². The van der Waals surface area contributed by atoms with Crippen molar-refractivity contribution in [2.24, 2.45) is 0 Å². The number of nitrogens with zero attached hydrogens (tertiary/aromatic N) is 2. The standard InChI is InChI=1S/C22H19N3O3/c1-15-10-11-19(21(26)24-14-17-7-3-4-9-20(17)28-2)22(27)25(15)18-8-5-6-16(12-18)13-23/h3-12H,14H2,1-2H3,(H,24,26). The number of ether oxygens (including phenoxy) is 1. The topological polar surface area (TPSA) is 84.1 Å². The Kier molecular flexibility index (Phi) is 5.56. The van der Waals surface area contributed by atoms with Crippen molar-refractivity contribution in [1.82, 2.24) is 9.88 Å². The Hall–Kier alpha value is -3.85. The van der Waals surface area contributed by atoms with Gasteiger partial charge in [-0.15, -0.1) is 0 Å². The van der Waals surface area contributed by atoms with Gasteiger partial charge in [-0.1, -0.05) is 24.3 Å². The zero-order chi connectivity index (χ0) is 20.1. The minimum atomic E-state index is -0.471. The SMILES string of the molecule is COc1ccccc1CNC(=O)c1ccc(C)n(-c2cccc(C#N)c2)c1=O. The van der Waals surface area contributed by atoms with Crippen LogP contribution in [0.4, 0.5) is 0 Å². The van der Waals surface area contributed by atoms with Crippen LogP contribution >= 0.6 is 0 Å². The molecule has 0 aliphatic rings. The number of rotatable bonds is 5. The van der Waals surface area contributed by atoms with Gasteiger partial charge in [0.05, 0.1) is 24.4 Å². The minimum Gasteiger partial charge on any atom is -0.496 e. The van der Waals surface area contributed by atoms with Crippen molar-refractivity contribution in [2.45, 2.75) is 13.5 Å². The van der Waals surface area contributed by atoms with E-state index in [1.165, 1.54) is 10.6 Å². The lowest BCUT2D eigenvalue weighted by Gasteiger charge is -2.13. The second-order valence-electron chi connectivity index (χ2n) is 6.19. The molecule has 3 rings (SSSR count). The van der Waals surface area contributed by atoms with Gasteiger partial charge in [0.15, 0.2) is 0 Å². The molecule has 2 aromatic carbocycles. The largest absolute Gasteiger partial charge is 0.496 e. The molecule has 3 aromatic rings. The molecule has 28 heavy (non-hydrogen) atoms. The molecule has 0 radical (unpaired) electrons. The van der Waals surface area contributed by atoms with Gasteiger partial charge in [-0.2, -0.15) is 5.26 Å². The summed E-state index contributed by atoms with van der Waals surface area (Å²) in [5, 5.41) is 11.9. The highest BCUT2D eigenvalue weighted by Crippen LogP contribution is 2.17. The number of hydrogen-bond donors (Lipinski definition) is 1. The van der Waals surface area contributed by atoms with Crippen molar-refractivity contribution in [3.05, 3.63) is 93.4 Å². The highest BCUT2D eigenvalue weighted by molar-refractivity contribution is 5.93. The van der Waals surface area contributed by atoms with Gasteiger partial charge in [0, 0.05) is 17.8 Å². The molecule has 0 fully saturated rings. The zero-order valence-corrected chi connectivity index (χ0v) is 15.6. The molecule has 0 unspecified atom stereocenters. The van der Waals surface area contributed by atoms with Gasteiger partial charge < -0.3 is 10.1 Å². The van der Waals surface area contributed by atoms with Crippen LogP contribution < -0.4 is 15.6 Å². The monoisotopic (exact) mass is 373 g/mol. The number of benzene rings is 2. The van der Waals surface area contributed by atoms with Crippen molar-refractivity contribution in [3.8, 4) is 17.5 Å². The first-order valence-corrected chi connectivity index (χ1v) is 8.68. The molecule has 1 N–H and O–H groups in total. The Labute approximate surface area is 162 Å². The van der Waals surface area contributed by atoms with Crippen LogP contribution in [0.1, 0.15) is 27.2 Å². The molecule has 1 heterocycles. The second-order valence-corrected chi connectivity index (χ2v) is 6.19. The van der Waals surface area contributed by atoms with Crippen LogP contribution in [0.25, 0.3) is 5.69 Å². The Morgan fingerprint density at radius 1 is 1.14 bits per heavy atom. The van der Waals surface area contributed by atoms with Gasteiger partial charge in [0.1, 0.15) is 11.3 Å². The molecule has 6 nitrogen and oxygen atoms in total. The third-order valence-corrected chi connectivity index (χ3v) is 4.39. The van der Waals surface area contributed by atoms with E-state index in [0.717, 1.165) is 5.56 Å². The summed E-state index contributed by atoms with van der Waals surface area (Å²) in [6, 6.07) is 19.3. The predicted octanol–water partition coefficient (Wildman–Crippen LogP) is 2.96. The summed E-state index contributed by atoms with van der Waals surface area (Å²) in [5.41, 5.74) is 2.06. The van der Waals surface area contributed by atoms with Gasteiger partial charge in [0.25, 0.3) is 11.5 Å². The van der Waals surface area contributed by atoms with Gasteiger partial charge in [-0.3, -0.25) is 14.2 Å². The fraction of sp³-hybridized carbons (Fsp3) is 0.136. The minimum absolute atomic E-state index is 0.0304. The van der Waals surface area contributed by atoms with E-state index in [1.54, 1.807) is 44.4 Å². The van der Waals surface area contributed by atoms with Gasteiger partial charge in [-0.25, -0.2) is 0 Å². The molecule has 0 aliphatic carbocycles. The lowest BCUT2D eigenvalue weighted by Crippen LogP contribution is -2.33. The van der Waals surface area contributed by atoms with E-state index in [0.29, 0.717) is 22.7 Å². The lowest BCUT2D eigenvalue weighted by molar-refractivity contribution is 0.0949. The Morgan fingerprint density at radius 3 is 2.68 bits per heavy atom. The van der Waals surface area contributed by atoms with Crippen LogP contribution in [-0.2, 0) is 6.54 Å². The van der Waals surface area contributed by atoms with Gasteiger partial charge in [-0.05, 0) is 43.3 Å². The van der Waals surface area contributed by atoms with Crippen molar-refractivity contribution in [3.63, 3.8) is 0 Å². The average Bonchev–Trinajstić information content (AvgIpc) is 2.72. The summed E-state index contributed by atoms with van der Waals surface area (Å²) in [4.78, 5) is 25.6. The van der Waals surface area contributed by atoms with Crippen LogP contribution in [0.3, 0.4) is 0 Å². The maximum absolute atomic E-state index is 13.0. The molecule has 1 aromatic heterocycles. The van der Waals surface area contributed by atoms with E-state index in [2.05, 4.69) is 11.4 Å². The number of aromatic nitrogens is 1. The van der Waals surface area contributed by atoms with Crippen LogP contribution in [0.2, 0.25) is 0 Å². The van der Waals surface area contributed by atoms with Crippen molar-refractivity contribution in [2.75, 3.05) is 7.11 Å². The van der Waals surface area contributed by atoms with Crippen LogP contribution in [0, 0.1) is 18.3 Å². The average molecular weight is 373 g/mol. The maximum Gasteiger partial charge on any atom is 0.268 e. The molecule has 1 amide bonds. The van der Waals surface area contributed by atoms with Gasteiger partial charge >= 0.3 is 0 Å². The van der Waals surface area contributed by atoms with E-state index < -0.39 is 11.5 Å². The quantitative estimate of drug-likeness (QED) is 0.745. The fourth-order valence-corrected chi connectivity index (χ4v) is 2.96. The number of hydrogen-bond acceptors (Lipinski definition) is 4. The summed E-state index contributed by atoms with van der Waals surface area (Å²) >= 11 is 0. The number of nitrogens with one attached hydrogen (secondary N) is 1. The summed E-state index contributed by atoms with van der Waals surface area (Å²) in [6.07, 6.45) is 0. The number of amides is 1. The molecule has 0 bridgehead atoms. The van der Waals surface area contributed by atoms with E-state index in [9.17, 15) is 9.59 Å². The Morgan fingerprint density at radius 2 is 1.93 bits per heavy atom.